The van der Waals surface area contributed by atoms with Crippen LogP contribution in [0.15, 0.2) is 71.5 Å². The number of allylic oxidation sites excluding steroid dienone is 1. The number of ether oxygens (including phenoxy) is 1. The van der Waals surface area contributed by atoms with Crippen molar-refractivity contribution in [3.63, 3.8) is 0 Å². The van der Waals surface area contributed by atoms with E-state index in [1.54, 1.807) is 56.0 Å². The molecule has 0 fully saturated rings. The first-order valence-electron chi connectivity index (χ1n) is 9.41. The van der Waals surface area contributed by atoms with Gasteiger partial charge in [-0.1, -0.05) is 35.3 Å². The monoisotopic (exact) mass is 452 g/mol. The minimum Gasteiger partial charge on any atom is -0.496 e. The molecule has 156 valence electrons. The SMILES string of the molecule is COc1cc2occ(-c3ccc(Cl)cc3Cl)c2cc1/C(C)=C/C(=O)Nc1ccccn1. The lowest BCUT2D eigenvalue weighted by molar-refractivity contribution is -0.111. The lowest BCUT2D eigenvalue weighted by Crippen LogP contribution is -2.09. The summed E-state index contributed by atoms with van der Waals surface area (Å²) in [6.45, 7) is 1.84. The molecule has 4 rings (SSSR count). The van der Waals surface area contributed by atoms with Crippen molar-refractivity contribution < 1.29 is 13.9 Å². The molecule has 2 aromatic carbocycles. The van der Waals surface area contributed by atoms with Crippen molar-refractivity contribution in [2.24, 2.45) is 0 Å². The quantitative estimate of drug-likeness (QED) is 0.336. The first-order chi connectivity index (χ1) is 15.0. The molecule has 0 unspecified atom stereocenters. The first kappa shape index (κ1) is 21.0. The molecule has 0 aliphatic heterocycles. The summed E-state index contributed by atoms with van der Waals surface area (Å²) >= 11 is 12.4. The molecule has 0 bridgehead atoms. The number of furan rings is 1. The predicted octanol–water partition coefficient (Wildman–Crippen LogP) is 6.85. The van der Waals surface area contributed by atoms with Crippen molar-refractivity contribution in [2.75, 3.05) is 12.4 Å². The molecule has 31 heavy (non-hydrogen) atoms. The Labute approximate surface area is 189 Å². The van der Waals surface area contributed by atoms with Gasteiger partial charge in [-0.15, -0.1) is 0 Å². The van der Waals surface area contributed by atoms with Crippen LogP contribution in [0.25, 0.3) is 27.7 Å². The standard InChI is InChI=1S/C24H18Cl2N2O3/c1-14(9-24(29)28-23-5-3-4-8-27-23)17-11-18-19(13-31-22(18)12-21(17)30-2)16-7-6-15(25)10-20(16)26/h3-13H,1-2H3,(H,27,28,29)/b14-9+. The molecule has 0 radical (unpaired) electrons. The van der Waals surface area contributed by atoms with Gasteiger partial charge in [0.1, 0.15) is 17.2 Å². The number of hydrogen-bond acceptors (Lipinski definition) is 4. The molecule has 0 saturated carbocycles. The van der Waals surface area contributed by atoms with Gasteiger partial charge in [-0.05, 0) is 42.8 Å². The van der Waals surface area contributed by atoms with Crippen LogP contribution in [0.2, 0.25) is 10.0 Å². The fourth-order valence-corrected chi connectivity index (χ4v) is 3.83. The van der Waals surface area contributed by atoms with Gasteiger partial charge >= 0.3 is 0 Å². The highest BCUT2D eigenvalue weighted by molar-refractivity contribution is 6.36. The number of halogens is 2. The van der Waals surface area contributed by atoms with Crippen LogP contribution < -0.4 is 10.1 Å². The molecule has 0 aliphatic rings. The van der Waals surface area contributed by atoms with Gasteiger partial charge in [-0.25, -0.2) is 4.98 Å². The minimum absolute atomic E-state index is 0.286. The van der Waals surface area contributed by atoms with Crippen LogP contribution in [0.1, 0.15) is 12.5 Å². The molecule has 0 aliphatic carbocycles. The average molecular weight is 453 g/mol. The number of benzene rings is 2. The van der Waals surface area contributed by atoms with E-state index in [2.05, 4.69) is 10.3 Å². The number of aromatic nitrogens is 1. The summed E-state index contributed by atoms with van der Waals surface area (Å²) in [5.74, 6) is 0.787. The number of nitrogens with one attached hydrogen (secondary N) is 1. The fourth-order valence-electron chi connectivity index (χ4n) is 3.32. The Morgan fingerprint density at radius 3 is 2.68 bits per heavy atom. The van der Waals surface area contributed by atoms with Crippen molar-refractivity contribution in [1.82, 2.24) is 4.98 Å². The van der Waals surface area contributed by atoms with Crippen molar-refractivity contribution in [1.29, 1.82) is 0 Å². The summed E-state index contributed by atoms with van der Waals surface area (Å²) in [4.78, 5) is 16.6. The van der Waals surface area contributed by atoms with E-state index in [1.165, 1.54) is 6.08 Å². The van der Waals surface area contributed by atoms with E-state index >= 15 is 0 Å². The average Bonchev–Trinajstić information content (AvgIpc) is 3.16. The van der Waals surface area contributed by atoms with Gasteiger partial charge in [0, 0.05) is 45.4 Å². The molecule has 2 aromatic heterocycles. The molecular formula is C24H18Cl2N2O3. The number of hydrogen-bond donors (Lipinski definition) is 1. The first-order valence-corrected chi connectivity index (χ1v) is 10.2. The van der Waals surface area contributed by atoms with Crippen LogP contribution in [0.3, 0.4) is 0 Å². The number of carbonyl (C=O) groups is 1. The summed E-state index contributed by atoms with van der Waals surface area (Å²) in [6.07, 6.45) is 4.77. The van der Waals surface area contributed by atoms with E-state index in [9.17, 15) is 4.79 Å². The van der Waals surface area contributed by atoms with Crippen molar-refractivity contribution in [2.45, 2.75) is 6.92 Å². The number of methoxy groups -OCH3 is 1. The lowest BCUT2D eigenvalue weighted by atomic mass is 9.99. The van der Waals surface area contributed by atoms with Gasteiger partial charge in [0.15, 0.2) is 0 Å². The smallest absolute Gasteiger partial charge is 0.249 e. The summed E-state index contributed by atoms with van der Waals surface area (Å²) in [5.41, 5.74) is 3.76. The maximum Gasteiger partial charge on any atom is 0.249 e. The fraction of sp³-hybridized carbons (Fsp3) is 0.0833. The van der Waals surface area contributed by atoms with Gasteiger partial charge in [-0.2, -0.15) is 0 Å². The molecule has 4 aromatic rings. The zero-order chi connectivity index (χ0) is 22.0. The maximum atomic E-state index is 12.5. The second-order valence-electron chi connectivity index (χ2n) is 6.85. The summed E-state index contributed by atoms with van der Waals surface area (Å²) in [6, 6.07) is 14.4. The van der Waals surface area contributed by atoms with Gasteiger partial charge in [-0.3, -0.25) is 4.79 Å². The molecule has 2 heterocycles. The molecular weight excluding hydrogens is 435 g/mol. The molecule has 5 nitrogen and oxygen atoms in total. The molecule has 7 heteroatoms. The molecule has 0 saturated heterocycles. The number of amides is 1. The highest BCUT2D eigenvalue weighted by atomic mass is 35.5. The number of anilines is 1. The summed E-state index contributed by atoms with van der Waals surface area (Å²) in [5, 5.41) is 4.67. The Kier molecular flexibility index (Phi) is 5.98. The van der Waals surface area contributed by atoms with Crippen LogP contribution in [0, 0.1) is 0 Å². The topological polar surface area (TPSA) is 64.4 Å². The highest BCUT2D eigenvalue weighted by Gasteiger charge is 2.16. The summed E-state index contributed by atoms with van der Waals surface area (Å²) in [7, 11) is 1.58. The molecule has 1 amide bonds. The number of pyridine rings is 1. The van der Waals surface area contributed by atoms with E-state index in [4.69, 9.17) is 32.4 Å². The minimum atomic E-state index is -0.286. The van der Waals surface area contributed by atoms with Crippen LogP contribution in [0.4, 0.5) is 5.82 Å². The number of carbonyl (C=O) groups excluding carboxylic acids is 1. The Bertz CT molecular complexity index is 1300. The molecule has 0 atom stereocenters. The zero-order valence-electron chi connectivity index (χ0n) is 16.8. The third-order valence-electron chi connectivity index (χ3n) is 4.81. The molecule has 0 spiro atoms. The number of fused-ring (bicyclic) bond motifs is 1. The maximum absolute atomic E-state index is 12.5. The number of nitrogens with zero attached hydrogens (tertiary/aromatic N) is 1. The van der Waals surface area contributed by atoms with E-state index in [1.807, 2.05) is 19.1 Å². The van der Waals surface area contributed by atoms with E-state index in [0.717, 1.165) is 27.6 Å². The van der Waals surface area contributed by atoms with Crippen LogP contribution >= 0.6 is 23.2 Å². The zero-order valence-corrected chi connectivity index (χ0v) is 18.3. The second-order valence-corrected chi connectivity index (χ2v) is 7.70. The van der Waals surface area contributed by atoms with Gasteiger partial charge in [0.25, 0.3) is 0 Å². The van der Waals surface area contributed by atoms with Crippen LogP contribution in [-0.4, -0.2) is 18.0 Å². The Hall–Kier alpha value is -3.28. The van der Waals surface area contributed by atoms with Crippen LogP contribution in [0.5, 0.6) is 5.75 Å². The van der Waals surface area contributed by atoms with Crippen LogP contribution in [-0.2, 0) is 4.79 Å². The summed E-state index contributed by atoms with van der Waals surface area (Å²) < 4.78 is 11.3. The second kappa shape index (κ2) is 8.84. The normalized spacial score (nSPS) is 11.5. The lowest BCUT2D eigenvalue weighted by Gasteiger charge is -2.10. The van der Waals surface area contributed by atoms with Gasteiger partial charge < -0.3 is 14.5 Å². The van der Waals surface area contributed by atoms with Crippen molar-refractivity contribution in [3.8, 4) is 16.9 Å². The van der Waals surface area contributed by atoms with E-state index in [-0.39, 0.29) is 5.91 Å². The van der Waals surface area contributed by atoms with Gasteiger partial charge in [0.05, 0.1) is 18.4 Å². The molecule has 1 N–H and O–H groups in total. The van der Waals surface area contributed by atoms with E-state index < -0.39 is 0 Å². The Morgan fingerprint density at radius 2 is 1.97 bits per heavy atom. The third kappa shape index (κ3) is 4.43. The predicted molar refractivity (Wildman–Crippen MR) is 125 cm³/mol. The Morgan fingerprint density at radius 1 is 1.13 bits per heavy atom. The number of rotatable bonds is 5. The van der Waals surface area contributed by atoms with Gasteiger partial charge in [0.2, 0.25) is 5.91 Å². The van der Waals surface area contributed by atoms with Crippen molar-refractivity contribution >= 4 is 51.5 Å². The van der Waals surface area contributed by atoms with E-state index in [0.29, 0.717) is 27.2 Å². The van der Waals surface area contributed by atoms with Crippen molar-refractivity contribution in [3.05, 3.63) is 82.7 Å². The Balaban J connectivity index is 1.75. The largest absolute Gasteiger partial charge is 0.496 e. The third-order valence-corrected chi connectivity index (χ3v) is 5.35. The highest BCUT2D eigenvalue weighted by Crippen LogP contribution is 2.40.